The fourth-order valence-corrected chi connectivity index (χ4v) is 3.98. The van der Waals surface area contributed by atoms with E-state index in [2.05, 4.69) is 46.4 Å². The smallest absolute Gasteiger partial charge is 0.235 e. The minimum absolute atomic E-state index is 0.125. The number of H-pyrrole nitrogens is 1. The molecule has 0 radical (unpaired) electrons. The van der Waals surface area contributed by atoms with Gasteiger partial charge in [-0.2, -0.15) is 5.10 Å². The summed E-state index contributed by atoms with van der Waals surface area (Å²) in [4.78, 5) is 12.6. The molecule has 1 amide bonds. The number of para-hydroxylation sites is 1. The van der Waals surface area contributed by atoms with E-state index in [4.69, 9.17) is 0 Å². The average Bonchev–Trinajstić information content (AvgIpc) is 3.10. The van der Waals surface area contributed by atoms with Gasteiger partial charge >= 0.3 is 0 Å². The van der Waals surface area contributed by atoms with Crippen LogP contribution in [0.5, 0.6) is 0 Å². The molecule has 2 atom stereocenters. The maximum atomic E-state index is 12.6. The van der Waals surface area contributed by atoms with Crippen LogP contribution in [0.3, 0.4) is 0 Å². The van der Waals surface area contributed by atoms with Crippen LogP contribution in [-0.4, -0.2) is 16.1 Å². The van der Waals surface area contributed by atoms with Gasteiger partial charge in [0.05, 0.1) is 16.6 Å². The summed E-state index contributed by atoms with van der Waals surface area (Å²) in [5.74, 6) is 0.353. The number of fused-ring (bicyclic) bond motifs is 3. The van der Waals surface area contributed by atoms with Gasteiger partial charge in [0.25, 0.3) is 0 Å². The number of aromatic nitrogens is 2. The van der Waals surface area contributed by atoms with E-state index in [1.54, 1.807) is 6.08 Å². The summed E-state index contributed by atoms with van der Waals surface area (Å²) in [5.41, 5.74) is 4.74. The van der Waals surface area contributed by atoms with Gasteiger partial charge in [-0.05, 0) is 35.8 Å². The molecule has 1 fully saturated rings. The fourth-order valence-electron chi connectivity index (χ4n) is 3.98. The minimum atomic E-state index is -0.383. The molecule has 2 aromatic carbocycles. The van der Waals surface area contributed by atoms with Crippen LogP contribution in [-0.2, 0) is 10.2 Å². The Morgan fingerprint density at radius 1 is 1.26 bits per heavy atom. The summed E-state index contributed by atoms with van der Waals surface area (Å²) >= 11 is 0. The Bertz CT molecular complexity index is 987. The van der Waals surface area contributed by atoms with Crippen molar-refractivity contribution in [1.82, 2.24) is 10.2 Å². The Balaban J connectivity index is 1.60. The molecule has 5 rings (SSSR count). The molecular weight excluding hydrogens is 286 g/mol. The second-order valence-electron chi connectivity index (χ2n) is 6.35. The predicted octanol–water partition coefficient (Wildman–Crippen LogP) is 3.58. The quantitative estimate of drug-likeness (QED) is 0.760. The molecule has 0 saturated heterocycles. The molecule has 112 valence electrons. The lowest BCUT2D eigenvalue weighted by molar-refractivity contribution is -0.118. The zero-order chi connectivity index (χ0) is 15.6. The van der Waals surface area contributed by atoms with Gasteiger partial charge in [-0.15, -0.1) is 0 Å². The van der Waals surface area contributed by atoms with Gasteiger partial charge in [0.2, 0.25) is 5.91 Å². The number of rotatable bonds is 2. The largest absolute Gasteiger partial charge is 0.325 e. The maximum absolute atomic E-state index is 12.6. The molecule has 4 heteroatoms. The summed E-state index contributed by atoms with van der Waals surface area (Å²) in [6, 6.07) is 14.3. The molecule has 4 nitrogen and oxygen atoms in total. The van der Waals surface area contributed by atoms with Crippen LogP contribution >= 0.6 is 0 Å². The molecule has 23 heavy (non-hydrogen) atoms. The van der Waals surface area contributed by atoms with Gasteiger partial charge in [-0.3, -0.25) is 9.89 Å². The van der Waals surface area contributed by atoms with Crippen LogP contribution in [0.25, 0.3) is 17.0 Å². The van der Waals surface area contributed by atoms with E-state index in [1.807, 2.05) is 18.2 Å². The van der Waals surface area contributed by atoms with Gasteiger partial charge in [0.15, 0.2) is 0 Å². The van der Waals surface area contributed by atoms with Crippen molar-refractivity contribution in [2.24, 2.45) is 0 Å². The van der Waals surface area contributed by atoms with Gasteiger partial charge in [0, 0.05) is 17.0 Å². The highest BCUT2D eigenvalue weighted by Gasteiger charge is 2.65. The van der Waals surface area contributed by atoms with E-state index in [0.29, 0.717) is 0 Å². The molecular formula is C19H15N3O. The van der Waals surface area contributed by atoms with E-state index >= 15 is 0 Å². The second-order valence-corrected chi connectivity index (χ2v) is 6.35. The standard InChI is InChI=1S/C19H15N3O/c1-2-15-12-8-7-11(9-17(12)22-21-15)14-10-19(14)13-5-3-4-6-16(13)20-18(19)23/h2-9,14H,1,10H2,(H,20,23)(H,21,22)/t14-,19-/m0/s1. The zero-order valence-corrected chi connectivity index (χ0v) is 12.5. The van der Waals surface area contributed by atoms with Crippen molar-refractivity contribution < 1.29 is 4.79 Å². The predicted molar refractivity (Wildman–Crippen MR) is 90.3 cm³/mol. The van der Waals surface area contributed by atoms with E-state index < -0.39 is 0 Å². The van der Waals surface area contributed by atoms with Crippen LogP contribution in [0, 0.1) is 0 Å². The van der Waals surface area contributed by atoms with E-state index in [0.717, 1.165) is 34.3 Å². The number of nitrogens with zero attached hydrogens (tertiary/aromatic N) is 1. The third-order valence-corrected chi connectivity index (χ3v) is 5.23. The zero-order valence-electron chi connectivity index (χ0n) is 12.5. The second kappa shape index (κ2) is 4.10. The van der Waals surface area contributed by atoms with Crippen LogP contribution in [0.4, 0.5) is 5.69 Å². The molecule has 1 aliphatic carbocycles. The molecule has 2 aliphatic rings. The first-order valence-corrected chi connectivity index (χ1v) is 7.75. The highest BCUT2D eigenvalue weighted by atomic mass is 16.2. The van der Waals surface area contributed by atoms with Crippen molar-refractivity contribution >= 4 is 28.6 Å². The molecule has 1 saturated carbocycles. The van der Waals surface area contributed by atoms with Crippen molar-refractivity contribution in [3.63, 3.8) is 0 Å². The van der Waals surface area contributed by atoms with E-state index in [-0.39, 0.29) is 17.2 Å². The summed E-state index contributed by atoms with van der Waals surface area (Å²) in [6.07, 6.45) is 2.61. The first-order valence-electron chi connectivity index (χ1n) is 7.75. The molecule has 1 aromatic heterocycles. The van der Waals surface area contributed by atoms with Gasteiger partial charge in [-0.25, -0.2) is 0 Å². The summed E-state index contributed by atoms with van der Waals surface area (Å²) in [7, 11) is 0. The Morgan fingerprint density at radius 2 is 2.13 bits per heavy atom. The molecule has 2 heterocycles. The van der Waals surface area contributed by atoms with Crippen LogP contribution < -0.4 is 5.32 Å². The van der Waals surface area contributed by atoms with Crippen molar-refractivity contribution in [1.29, 1.82) is 0 Å². The summed E-state index contributed by atoms with van der Waals surface area (Å²) in [6.45, 7) is 3.78. The van der Waals surface area contributed by atoms with Crippen LogP contribution in [0.1, 0.15) is 29.2 Å². The number of nitrogens with one attached hydrogen (secondary N) is 2. The first kappa shape index (κ1) is 12.6. The third kappa shape index (κ3) is 1.50. The molecule has 3 aromatic rings. The highest BCUT2D eigenvalue weighted by Crippen LogP contribution is 2.64. The average molecular weight is 301 g/mol. The molecule has 1 aliphatic heterocycles. The number of amides is 1. The maximum Gasteiger partial charge on any atom is 0.235 e. The Hall–Kier alpha value is -2.88. The molecule has 0 unspecified atom stereocenters. The Labute approximate surface area is 133 Å². The normalized spacial score (nSPS) is 24.7. The number of carbonyl (C=O) groups is 1. The number of carbonyl (C=O) groups excluding carboxylic acids is 1. The molecule has 2 N–H and O–H groups in total. The number of aromatic amines is 1. The SMILES string of the molecule is C=Cc1n[nH]c2cc([C@@H]3C[C@@]34C(=O)Nc3ccccc34)ccc12. The van der Waals surface area contributed by atoms with Crippen LogP contribution in [0.15, 0.2) is 49.0 Å². The summed E-state index contributed by atoms with van der Waals surface area (Å²) < 4.78 is 0. The lowest BCUT2D eigenvalue weighted by Crippen LogP contribution is -2.20. The van der Waals surface area contributed by atoms with Gasteiger partial charge < -0.3 is 5.32 Å². The lowest BCUT2D eigenvalue weighted by Gasteiger charge is -2.08. The van der Waals surface area contributed by atoms with E-state index in [9.17, 15) is 4.79 Å². The van der Waals surface area contributed by atoms with Crippen molar-refractivity contribution in [3.05, 3.63) is 65.9 Å². The topological polar surface area (TPSA) is 57.8 Å². The minimum Gasteiger partial charge on any atom is -0.325 e. The third-order valence-electron chi connectivity index (χ3n) is 5.23. The molecule has 1 spiro atoms. The Morgan fingerprint density at radius 3 is 3.00 bits per heavy atom. The van der Waals surface area contributed by atoms with Crippen molar-refractivity contribution in [2.75, 3.05) is 5.32 Å². The number of benzene rings is 2. The first-order chi connectivity index (χ1) is 11.2. The highest BCUT2D eigenvalue weighted by molar-refractivity contribution is 6.09. The van der Waals surface area contributed by atoms with Crippen molar-refractivity contribution in [3.8, 4) is 0 Å². The van der Waals surface area contributed by atoms with E-state index in [1.165, 1.54) is 5.56 Å². The monoisotopic (exact) mass is 301 g/mol. The summed E-state index contributed by atoms with van der Waals surface area (Å²) in [5, 5.41) is 11.4. The van der Waals surface area contributed by atoms with Crippen molar-refractivity contribution in [2.45, 2.75) is 17.8 Å². The fraction of sp³-hybridized carbons (Fsp3) is 0.158. The van der Waals surface area contributed by atoms with Gasteiger partial charge in [0.1, 0.15) is 0 Å². The number of anilines is 1. The molecule has 0 bridgehead atoms. The van der Waals surface area contributed by atoms with Gasteiger partial charge in [-0.1, -0.05) is 36.9 Å². The van der Waals surface area contributed by atoms with Crippen LogP contribution in [0.2, 0.25) is 0 Å². The number of hydrogen-bond donors (Lipinski definition) is 2. The Kier molecular flexibility index (Phi) is 2.25. The lowest BCUT2D eigenvalue weighted by atomic mass is 9.92. The number of hydrogen-bond acceptors (Lipinski definition) is 2.